The summed E-state index contributed by atoms with van der Waals surface area (Å²) in [6, 6.07) is 7.76. The van der Waals surface area contributed by atoms with E-state index in [4.69, 9.17) is 0 Å². The second-order valence-corrected chi connectivity index (χ2v) is 8.23. The Morgan fingerprint density at radius 3 is 2.29 bits per heavy atom. The molecule has 0 bridgehead atoms. The van der Waals surface area contributed by atoms with Crippen LogP contribution in [0.4, 0.5) is 30.2 Å². The monoisotopic (exact) mass is 476 g/mol. The molecule has 2 heterocycles. The first-order valence-electron chi connectivity index (χ1n) is 10.9. The Kier molecular flexibility index (Phi) is 6.20. The van der Waals surface area contributed by atoms with Crippen LogP contribution in [0.1, 0.15) is 34.8 Å². The van der Waals surface area contributed by atoms with Crippen LogP contribution < -0.4 is 9.80 Å². The third kappa shape index (κ3) is 4.42. The van der Waals surface area contributed by atoms with Gasteiger partial charge in [-0.3, -0.25) is 19.7 Å². The molecule has 0 spiro atoms. The van der Waals surface area contributed by atoms with Crippen LogP contribution in [0.3, 0.4) is 0 Å². The summed E-state index contributed by atoms with van der Waals surface area (Å²) in [4.78, 5) is 40.7. The Morgan fingerprint density at radius 1 is 1.00 bits per heavy atom. The molecule has 2 aromatic carbocycles. The zero-order chi connectivity index (χ0) is 24.6. The summed E-state index contributed by atoms with van der Waals surface area (Å²) in [5.41, 5.74) is 0.670. The highest BCUT2D eigenvalue weighted by Crippen LogP contribution is 2.37. The van der Waals surface area contributed by atoms with Crippen LogP contribution in [-0.2, 0) is 17.4 Å². The zero-order valence-corrected chi connectivity index (χ0v) is 18.5. The number of fused-ring (bicyclic) bond motifs is 1. The van der Waals surface area contributed by atoms with Gasteiger partial charge in [0.15, 0.2) is 0 Å². The summed E-state index contributed by atoms with van der Waals surface area (Å²) in [6.45, 7) is 3.44. The Hall–Kier alpha value is -3.63. The smallest absolute Gasteiger partial charge is 0.362 e. The molecule has 11 heteroatoms. The molecule has 0 unspecified atom stereocenters. The lowest BCUT2D eigenvalue weighted by atomic mass is 10.1. The Labute approximate surface area is 193 Å². The van der Waals surface area contributed by atoms with Gasteiger partial charge in [0.05, 0.1) is 10.5 Å². The summed E-state index contributed by atoms with van der Waals surface area (Å²) >= 11 is 0. The lowest BCUT2D eigenvalue weighted by molar-refractivity contribution is -0.384. The normalized spacial score (nSPS) is 15.9. The van der Waals surface area contributed by atoms with E-state index in [2.05, 4.69) is 0 Å². The maximum Gasteiger partial charge on any atom is 0.416 e. The van der Waals surface area contributed by atoms with Gasteiger partial charge in [0.25, 0.3) is 11.6 Å². The predicted octanol–water partition coefficient (Wildman–Crippen LogP) is 3.88. The summed E-state index contributed by atoms with van der Waals surface area (Å²) < 4.78 is 38.9. The van der Waals surface area contributed by atoms with Crippen LogP contribution in [0.5, 0.6) is 0 Å². The van der Waals surface area contributed by atoms with E-state index in [1.54, 1.807) is 39.8 Å². The van der Waals surface area contributed by atoms with Crippen LogP contribution in [0, 0.1) is 10.1 Å². The number of rotatable bonds is 4. The number of nitrogens with zero attached hydrogens (tertiary/aromatic N) is 4. The average molecular weight is 476 g/mol. The van der Waals surface area contributed by atoms with Crippen molar-refractivity contribution in [2.75, 3.05) is 42.5 Å². The van der Waals surface area contributed by atoms with Crippen molar-refractivity contribution in [2.45, 2.75) is 25.9 Å². The van der Waals surface area contributed by atoms with Crippen LogP contribution >= 0.6 is 0 Å². The van der Waals surface area contributed by atoms with E-state index >= 15 is 0 Å². The molecule has 2 aliphatic rings. The van der Waals surface area contributed by atoms with E-state index in [1.807, 2.05) is 0 Å². The molecule has 1 saturated heterocycles. The summed E-state index contributed by atoms with van der Waals surface area (Å²) in [7, 11) is 0. The van der Waals surface area contributed by atoms with Gasteiger partial charge >= 0.3 is 6.18 Å². The largest absolute Gasteiger partial charge is 0.416 e. The van der Waals surface area contributed by atoms with Crippen LogP contribution in [0.2, 0.25) is 0 Å². The van der Waals surface area contributed by atoms with Gasteiger partial charge in [0.1, 0.15) is 5.69 Å². The molecule has 4 rings (SSSR count). The van der Waals surface area contributed by atoms with E-state index in [-0.39, 0.29) is 43.7 Å². The minimum atomic E-state index is -4.68. The average Bonchev–Trinajstić information content (AvgIpc) is 3.25. The Balaban J connectivity index is 1.46. The van der Waals surface area contributed by atoms with E-state index in [0.29, 0.717) is 31.0 Å². The first-order valence-corrected chi connectivity index (χ1v) is 10.9. The minimum Gasteiger partial charge on any atom is -0.362 e. The quantitative estimate of drug-likeness (QED) is 0.494. The van der Waals surface area contributed by atoms with Crippen molar-refractivity contribution in [1.29, 1.82) is 0 Å². The zero-order valence-electron chi connectivity index (χ0n) is 18.5. The fourth-order valence-corrected chi connectivity index (χ4v) is 4.43. The maximum absolute atomic E-state index is 13.0. The van der Waals surface area contributed by atoms with Gasteiger partial charge in [-0.05, 0) is 42.3 Å². The van der Waals surface area contributed by atoms with E-state index < -0.39 is 22.4 Å². The highest BCUT2D eigenvalue weighted by Gasteiger charge is 2.34. The number of piperazine rings is 1. The highest BCUT2D eigenvalue weighted by molar-refractivity contribution is 5.98. The molecule has 2 amide bonds. The van der Waals surface area contributed by atoms with Crippen molar-refractivity contribution in [3.8, 4) is 0 Å². The van der Waals surface area contributed by atoms with E-state index in [1.165, 1.54) is 0 Å². The first kappa shape index (κ1) is 23.5. The summed E-state index contributed by atoms with van der Waals surface area (Å²) in [5.74, 6) is -0.157. The van der Waals surface area contributed by atoms with Crippen molar-refractivity contribution in [3.05, 3.63) is 63.2 Å². The number of amides is 2. The molecule has 0 radical (unpaired) electrons. The van der Waals surface area contributed by atoms with Gasteiger partial charge in [0, 0.05) is 56.5 Å². The van der Waals surface area contributed by atoms with Crippen LogP contribution in [0.25, 0.3) is 0 Å². The Bertz CT molecular complexity index is 1140. The lowest BCUT2D eigenvalue weighted by Gasteiger charge is -2.36. The highest BCUT2D eigenvalue weighted by atomic mass is 19.4. The standard InChI is InChI=1S/C23H23F3N4O4/c1-2-21(31)29-8-7-15-13-16(3-5-18(15)29)22(32)28-11-9-27(10-12-28)19-6-4-17(23(24,25)26)14-20(19)30(33)34/h3-6,13-14H,2,7-12H2,1H3. The number of nitro benzene ring substituents is 1. The molecule has 34 heavy (non-hydrogen) atoms. The maximum atomic E-state index is 13.0. The van der Waals surface area contributed by atoms with Crippen molar-refractivity contribution in [3.63, 3.8) is 0 Å². The fourth-order valence-electron chi connectivity index (χ4n) is 4.43. The second-order valence-electron chi connectivity index (χ2n) is 8.23. The topological polar surface area (TPSA) is 87.0 Å². The Morgan fingerprint density at radius 2 is 1.68 bits per heavy atom. The predicted molar refractivity (Wildman–Crippen MR) is 119 cm³/mol. The third-order valence-electron chi connectivity index (χ3n) is 6.23. The summed E-state index contributed by atoms with van der Waals surface area (Å²) in [6.07, 6.45) is -3.60. The van der Waals surface area contributed by atoms with Crippen molar-refractivity contribution >= 4 is 28.9 Å². The van der Waals surface area contributed by atoms with Crippen molar-refractivity contribution in [2.24, 2.45) is 0 Å². The van der Waals surface area contributed by atoms with Gasteiger partial charge in [-0.2, -0.15) is 13.2 Å². The van der Waals surface area contributed by atoms with E-state index in [9.17, 15) is 32.9 Å². The van der Waals surface area contributed by atoms with E-state index in [0.717, 1.165) is 23.4 Å². The fraction of sp³-hybridized carbons (Fsp3) is 0.391. The van der Waals surface area contributed by atoms with Crippen molar-refractivity contribution in [1.82, 2.24) is 4.90 Å². The molecule has 0 atom stereocenters. The number of carbonyl (C=O) groups excluding carboxylic acids is 2. The minimum absolute atomic E-state index is 0.0336. The number of alkyl halides is 3. The molecule has 0 aliphatic carbocycles. The molecule has 2 aliphatic heterocycles. The number of hydrogen-bond donors (Lipinski definition) is 0. The van der Waals surface area contributed by atoms with Gasteiger partial charge < -0.3 is 14.7 Å². The van der Waals surface area contributed by atoms with Gasteiger partial charge in [-0.25, -0.2) is 0 Å². The summed E-state index contributed by atoms with van der Waals surface area (Å²) in [5, 5.41) is 11.4. The van der Waals surface area contributed by atoms with Crippen LogP contribution in [-0.4, -0.2) is 54.4 Å². The number of benzene rings is 2. The van der Waals surface area contributed by atoms with Gasteiger partial charge in [0.2, 0.25) is 5.91 Å². The van der Waals surface area contributed by atoms with Gasteiger partial charge in [-0.15, -0.1) is 0 Å². The number of halogens is 3. The molecule has 1 fully saturated rings. The molecule has 2 aromatic rings. The number of carbonyl (C=O) groups is 2. The molecular weight excluding hydrogens is 453 g/mol. The third-order valence-corrected chi connectivity index (χ3v) is 6.23. The molecular formula is C23H23F3N4O4. The first-order chi connectivity index (χ1) is 16.1. The number of anilines is 2. The second kappa shape index (κ2) is 8.96. The lowest BCUT2D eigenvalue weighted by Crippen LogP contribution is -2.49. The SMILES string of the molecule is CCC(=O)N1CCc2cc(C(=O)N3CCN(c4ccc(C(F)(F)F)cc4[N+](=O)[O-])CC3)ccc21. The number of hydrogen-bond acceptors (Lipinski definition) is 5. The molecule has 0 N–H and O–H groups in total. The number of nitro groups is 1. The molecule has 180 valence electrons. The molecule has 0 aromatic heterocycles. The van der Waals surface area contributed by atoms with Crippen molar-refractivity contribution < 1.29 is 27.7 Å². The van der Waals surface area contributed by atoms with Crippen LogP contribution in [0.15, 0.2) is 36.4 Å². The molecule has 8 nitrogen and oxygen atoms in total. The molecule has 0 saturated carbocycles. The van der Waals surface area contributed by atoms with Gasteiger partial charge in [-0.1, -0.05) is 6.92 Å².